The molecular weight excluding hydrogens is 427 g/mol. The number of nitrogens with zero attached hydrogens (tertiary/aromatic N) is 5. The number of hydrogen-bond acceptors (Lipinski definition) is 5. The van der Waals surface area contributed by atoms with Crippen LogP contribution >= 0.6 is 11.3 Å². The number of carbonyl (C=O) groups excluding carboxylic acids is 1. The maximum absolute atomic E-state index is 14.5. The second-order valence-corrected chi connectivity index (χ2v) is 8.09. The van der Waals surface area contributed by atoms with Gasteiger partial charge in [-0.1, -0.05) is 18.2 Å². The first kappa shape index (κ1) is 21.3. The van der Waals surface area contributed by atoms with Crippen LogP contribution in [0.25, 0.3) is 16.1 Å². The van der Waals surface area contributed by atoms with Gasteiger partial charge < -0.3 is 5.32 Å². The zero-order valence-electron chi connectivity index (χ0n) is 17.5. The van der Waals surface area contributed by atoms with Crippen molar-refractivity contribution in [3.05, 3.63) is 92.9 Å². The lowest BCUT2D eigenvalue weighted by Gasteiger charge is -2.07. The van der Waals surface area contributed by atoms with Gasteiger partial charge in [0.1, 0.15) is 10.7 Å². The molecule has 4 rings (SSSR count). The predicted octanol–water partition coefficient (Wildman–Crippen LogP) is 4.69. The smallest absolute Gasteiger partial charge is 0.263 e. The summed E-state index contributed by atoms with van der Waals surface area (Å²) in [5.74, 6) is -0.777. The zero-order valence-corrected chi connectivity index (χ0v) is 18.3. The first-order valence-corrected chi connectivity index (χ1v) is 10.7. The number of thiazole rings is 1. The van der Waals surface area contributed by atoms with Crippen molar-refractivity contribution in [2.75, 3.05) is 0 Å². The quantitative estimate of drug-likeness (QED) is 0.436. The molecule has 0 spiro atoms. The summed E-state index contributed by atoms with van der Waals surface area (Å²) in [5.41, 5.74) is 6.27. The molecule has 0 unspecified atom stereocenters. The number of nitrogens with one attached hydrogen (secondary N) is 1. The lowest BCUT2D eigenvalue weighted by atomic mass is 10.1. The summed E-state index contributed by atoms with van der Waals surface area (Å²) < 4.78 is 16.2. The number of hydrogen-bond donors (Lipinski definition) is 1. The van der Waals surface area contributed by atoms with E-state index in [0.29, 0.717) is 28.4 Å². The fourth-order valence-electron chi connectivity index (χ4n) is 3.22. The average molecular weight is 447 g/mol. The van der Waals surface area contributed by atoms with Gasteiger partial charge in [0.25, 0.3) is 5.91 Å². The third-order valence-electron chi connectivity index (χ3n) is 4.94. The Bertz CT molecular complexity index is 1340. The van der Waals surface area contributed by atoms with E-state index in [1.807, 2.05) is 31.3 Å². The van der Waals surface area contributed by atoms with Crippen LogP contribution in [0, 0.1) is 26.2 Å². The molecule has 0 fully saturated rings. The number of amides is 1. The van der Waals surface area contributed by atoms with E-state index in [0.717, 1.165) is 16.8 Å². The number of aromatic nitrogens is 4. The minimum atomic E-state index is -0.485. The van der Waals surface area contributed by atoms with Crippen molar-refractivity contribution in [2.45, 2.75) is 26.9 Å². The van der Waals surface area contributed by atoms with Gasteiger partial charge in [0.15, 0.2) is 5.69 Å². The zero-order chi connectivity index (χ0) is 22.7. The molecule has 1 N–H and O–H groups in total. The molecule has 3 heterocycles. The number of pyridine rings is 1. The Morgan fingerprint density at radius 2 is 2.09 bits per heavy atom. The molecule has 0 aliphatic heterocycles. The standard InChI is InChI=1S/C23H19FN6OS/c1-14-8-17(4-5-19(14)25-3)20-6-7-30(29-20)12-16-9-18(24)21(26-10-16)11-27-23(31)22-15(2)28-13-32-22/h4-10,13H,11-12H2,1-2H3,(H,27,31). The van der Waals surface area contributed by atoms with Crippen molar-refractivity contribution < 1.29 is 9.18 Å². The maximum atomic E-state index is 14.5. The van der Waals surface area contributed by atoms with E-state index in [9.17, 15) is 9.18 Å². The first-order valence-electron chi connectivity index (χ1n) is 9.78. The summed E-state index contributed by atoms with van der Waals surface area (Å²) in [6, 6.07) is 8.86. The van der Waals surface area contributed by atoms with Gasteiger partial charge >= 0.3 is 0 Å². The van der Waals surface area contributed by atoms with E-state index in [-0.39, 0.29) is 18.1 Å². The molecule has 0 aliphatic rings. The summed E-state index contributed by atoms with van der Waals surface area (Å²) in [7, 11) is 0. The molecule has 32 heavy (non-hydrogen) atoms. The predicted molar refractivity (Wildman–Crippen MR) is 120 cm³/mol. The maximum Gasteiger partial charge on any atom is 0.263 e. The summed E-state index contributed by atoms with van der Waals surface area (Å²) in [5, 5.41) is 7.23. The van der Waals surface area contributed by atoms with Gasteiger partial charge in [0.2, 0.25) is 0 Å². The van der Waals surface area contributed by atoms with Gasteiger partial charge in [-0.25, -0.2) is 14.2 Å². The summed E-state index contributed by atoms with van der Waals surface area (Å²) >= 11 is 1.24. The minimum absolute atomic E-state index is 0.00580. The van der Waals surface area contributed by atoms with E-state index >= 15 is 0 Å². The van der Waals surface area contributed by atoms with Gasteiger partial charge in [-0.05, 0) is 42.7 Å². The molecule has 1 amide bonds. The van der Waals surface area contributed by atoms with Crippen LogP contribution in [0.4, 0.5) is 10.1 Å². The van der Waals surface area contributed by atoms with Gasteiger partial charge in [-0.2, -0.15) is 5.10 Å². The van der Waals surface area contributed by atoms with Crippen LogP contribution in [0.2, 0.25) is 0 Å². The van der Waals surface area contributed by atoms with Crippen molar-refractivity contribution in [1.82, 2.24) is 25.1 Å². The highest BCUT2D eigenvalue weighted by Crippen LogP contribution is 2.25. The molecule has 0 radical (unpaired) electrons. The highest BCUT2D eigenvalue weighted by molar-refractivity contribution is 7.11. The van der Waals surface area contributed by atoms with Crippen LogP contribution in [0.15, 0.2) is 48.2 Å². The van der Waals surface area contributed by atoms with Crippen LogP contribution in [-0.2, 0) is 13.1 Å². The third kappa shape index (κ3) is 4.55. The molecule has 0 aliphatic carbocycles. The molecule has 3 aromatic heterocycles. The van der Waals surface area contributed by atoms with E-state index in [1.165, 1.54) is 17.4 Å². The number of halogens is 1. The number of rotatable bonds is 6. The molecule has 1 aromatic carbocycles. The van der Waals surface area contributed by atoms with Crippen LogP contribution in [-0.4, -0.2) is 25.7 Å². The van der Waals surface area contributed by atoms with Gasteiger partial charge in [0.05, 0.1) is 42.3 Å². The monoisotopic (exact) mass is 446 g/mol. The second-order valence-electron chi connectivity index (χ2n) is 7.23. The van der Waals surface area contributed by atoms with Crippen molar-refractivity contribution in [3.63, 3.8) is 0 Å². The van der Waals surface area contributed by atoms with Crippen LogP contribution in [0.5, 0.6) is 0 Å². The highest BCUT2D eigenvalue weighted by atomic mass is 32.1. The van der Waals surface area contributed by atoms with Gasteiger partial charge in [-0.15, -0.1) is 11.3 Å². The fourth-order valence-corrected chi connectivity index (χ4v) is 3.94. The Morgan fingerprint density at radius 1 is 1.25 bits per heavy atom. The Hall–Kier alpha value is -3.90. The Morgan fingerprint density at radius 3 is 2.78 bits per heavy atom. The SMILES string of the molecule is [C-]#[N+]c1ccc(-c2ccn(Cc3cnc(CNC(=O)c4scnc4C)c(F)c3)n2)cc1C. The van der Waals surface area contributed by atoms with E-state index in [1.54, 1.807) is 29.4 Å². The van der Waals surface area contributed by atoms with Gasteiger partial charge in [-0.3, -0.25) is 14.5 Å². The molecule has 0 bridgehead atoms. The third-order valence-corrected chi connectivity index (χ3v) is 5.87. The van der Waals surface area contributed by atoms with Crippen LogP contribution in [0.1, 0.15) is 32.2 Å². The topological polar surface area (TPSA) is 77.1 Å². The van der Waals surface area contributed by atoms with Crippen molar-refractivity contribution in [3.8, 4) is 11.3 Å². The second kappa shape index (κ2) is 9.08. The number of carbonyl (C=O) groups is 1. The number of benzene rings is 1. The Balaban J connectivity index is 1.42. The molecule has 7 nitrogen and oxygen atoms in total. The minimum Gasteiger partial charge on any atom is -0.346 e. The molecule has 0 saturated carbocycles. The summed E-state index contributed by atoms with van der Waals surface area (Å²) in [6.45, 7) is 11.2. The number of aryl methyl sites for hydroxylation is 2. The Labute approximate surface area is 188 Å². The lowest BCUT2D eigenvalue weighted by molar-refractivity contribution is 0.0953. The average Bonchev–Trinajstić information content (AvgIpc) is 3.42. The Kier molecular flexibility index (Phi) is 6.05. The van der Waals surface area contributed by atoms with Crippen molar-refractivity contribution in [2.24, 2.45) is 0 Å². The van der Waals surface area contributed by atoms with Crippen LogP contribution in [0.3, 0.4) is 0 Å². The first-order chi connectivity index (χ1) is 15.4. The fraction of sp³-hybridized carbons (Fsp3) is 0.174. The lowest BCUT2D eigenvalue weighted by Crippen LogP contribution is -2.24. The molecular formula is C23H19FN6OS. The molecule has 0 atom stereocenters. The molecule has 160 valence electrons. The summed E-state index contributed by atoms with van der Waals surface area (Å²) in [4.78, 5) is 24.4. The van der Waals surface area contributed by atoms with Crippen molar-refractivity contribution >= 4 is 22.9 Å². The normalized spacial score (nSPS) is 10.7. The molecule has 4 aromatic rings. The van der Waals surface area contributed by atoms with E-state index in [2.05, 4.69) is 25.2 Å². The van der Waals surface area contributed by atoms with E-state index < -0.39 is 5.82 Å². The molecule has 0 saturated heterocycles. The summed E-state index contributed by atoms with van der Waals surface area (Å²) in [6.07, 6.45) is 3.40. The van der Waals surface area contributed by atoms with Gasteiger partial charge in [0, 0.05) is 12.4 Å². The van der Waals surface area contributed by atoms with Crippen molar-refractivity contribution in [1.29, 1.82) is 0 Å². The van der Waals surface area contributed by atoms with E-state index in [4.69, 9.17) is 6.57 Å². The van der Waals surface area contributed by atoms with Crippen LogP contribution < -0.4 is 5.32 Å². The molecule has 9 heteroatoms. The largest absolute Gasteiger partial charge is 0.346 e. The highest BCUT2D eigenvalue weighted by Gasteiger charge is 2.13.